The Labute approximate surface area is 93.5 Å². The van der Waals surface area contributed by atoms with Crippen molar-refractivity contribution in [3.8, 4) is 0 Å². The quantitative estimate of drug-likeness (QED) is 0.764. The van der Waals surface area contributed by atoms with Crippen LogP contribution in [0.1, 0.15) is 16.8 Å². The molecule has 1 saturated heterocycles. The van der Waals surface area contributed by atoms with E-state index in [0.717, 1.165) is 0 Å². The van der Waals surface area contributed by atoms with Crippen LogP contribution in [0.5, 0.6) is 0 Å². The largest absolute Gasteiger partial charge is 0.347 e. The lowest BCUT2D eigenvalue weighted by atomic mass is 10.2. The number of rotatable bonds is 2. The van der Waals surface area contributed by atoms with Gasteiger partial charge < -0.3 is 10.2 Å². The van der Waals surface area contributed by atoms with Crippen molar-refractivity contribution in [3.05, 3.63) is 30.1 Å². The van der Waals surface area contributed by atoms with Gasteiger partial charge in [0.2, 0.25) is 5.91 Å². The van der Waals surface area contributed by atoms with Crippen molar-refractivity contribution in [1.29, 1.82) is 0 Å². The maximum atomic E-state index is 11.7. The first-order chi connectivity index (χ1) is 7.66. The zero-order valence-corrected chi connectivity index (χ0v) is 9.01. The first kappa shape index (κ1) is 10.6. The molecule has 5 nitrogen and oxygen atoms in total. The topological polar surface area (TPSA) is 62.3 Å². The van der Waals surface area contributed by atoms with Crippen molar-refractivity contribution in [3.63, 3.8) is 0 Å². The van der Waals surface area contributed by atoms with Crippen LogP contribution in [-0.2, 0) is 4.79 Å². The summed E-state index contributed by atoms with van der Waals surface area (Å²) in [6.45, 7) is 0.574. The molecule has 1 aliphatic heterocycles. The van der Waals surface area contributed by atoms with Crippen LogP contribution >= 0.6 is 0 Å². The second-order valence-electron chi connectivity index (χ2n) is 3.89. The van der Waals surface area contributed by atoms with E-state index in [1.165, 1.54) is 6.20 Å². The Hall–Kier alpha value is -1.91. The number of aromatic nitrogens is 1. The zero-order valence-electron chi connectivity index (χ0n) is 9.01. The summed E-state index contributed by atoms with van der Waals surface area (Å²) in [5, 5.41) is 2.81. The van der Waals surface area contributed by atoms with Gasteiger partial charge in [0, 0.05) is 32.4 Å². The number of hydrogen-bond acceptors (Lipinski definition) is 3. The van der Waals surface area contributed by atoms with Crippen molar-refractivity contribution in [2.45, 2.75) is 12.5 Å². The molecule has 1 fully saturated rings. The number of hydrogen-bond donors (Lipinski definition) is 1. The molecule has 0 saturated carbocycles. The Morgan fingerprint density at radius 2 is 2.44 bits per heavy atom. The molecule has 1 atom stereocenters. The lowest BCUT2D eigenvalue weighted by Gasteiger charge is -2.11. The lowest BCUT2D eigenvalue weighted by molar-refractivity contribution is -0.126. The van der Waals surface area contributed by atoms with E-state index in [9.17, 15) is 9.59 Å². The molecule has 5 heteroatoms. The highest BCUT2D eigenvalue weighted by Crippen LogP contribution is 2.09. The van der Waals surface area contributed by atoms with E-state index in [2.05, 4.69) is 10.3 Å². The molecule has 0 radical (unpaired) electrons. The van der Waals surface area contributed by atoms with E-state index in [0.29, 0.717) is 18.5 Å². The third-order valence-electron chi connectivity index (χ3n) is 2.60. The maximum absolute atomic E-state index is 11.7. The summed E-state index contributed by atoms with van der Waals surface area (Å²) in [5.41, 5.74) is 0.518. The fourth-order valence-electron chi connectivity index (χ4n) is 1.73. The molecule has 1 unspecified atom stereocenters. The Bertz CT molecular complexity index is 405. The van der Waals surface area contributed by atoms with Gasteiger partial charge >= 0.3 is 0 Å². The normalized spacial score (nSPS) is 19.9. The molecule has 84 valence electrons. The third kappa shape index (κ3) is 2.18. The zero-order chi connectivity index (χ0) is 11.5. The first-order valence-corrected chi connectivity index (χ1v) is 5.11. The van der Waals surface area contributed by atoms with Gasteiger partial charge in [0.1, 0.15) is 0 Å². The van der Waals surface area contributed by atoms with Crippen molar-refractivity contribution in [2.24, 2.45) is 0 Å². The maximum Gasteiger partial charge on any atom is 0.253 e. The van der Waals surface area contributed by atoms with Crippen molar-refractivity contribution >= 4 is 11.8 Å². The molecule has 1 N–H and O–H groups in total. The highest BCUT2D eigenvalue weighted by molar-refractivity contribution is 5.94. The van der Waals surface area contributed by atoms with Crippen LogP contribution in [0.15, 0.2) is 24.5 Å². The molecule has 2 rings (SSSR count). The summed E-state index contributed by atoms with van der Waals surface area (Å²) < 4.78 is 0. The molecule has 16 heavy (non-hydrogen) atoms. The Balaban J connectivity index is 1.97. The molecular weight excluding hydrogens is 206 g/mol. The van der Waals surface area contributed by atoms with Crippen LogP contribution in [0, 0.1) is 0 Å². The standard InChI is InChI=1S/C11H13N3O2/c1-14-7-9(5-10(14)15)13-11(16)8-3-2-4-12-6-8/h2-4,6,9H,5,7H2,1H3,(H,13,16). The first-order valence-electron chi connectivity index (χ1n) is 5.11. The van der Waals surface area contributed by atoms with E-state index < -0.39 is 0 Å². The van der Waals surface area contributed by atoms with Gasteiger partial charge in [-0.15, -0.1) is 0 Å². The predicted molar refractivity (Wildman–Crippen MR) is 57.7 cm³/mol. The molecule has 0 aliphatic carbocycles. The molecule has 1 aromatic heterocycles. The van der Waals surface area contributed by atoms with Crippen molar-refractivity contribution in [2.75, 3.05) is 13.6 Å². The van der Waals surface area contributed by atoms with E-state index in [4.69, 9.17) is 0 Å². The van der Waals surface area contributed by atoms with Crippen LogP contribution in [0.3, 0.4) is 0 Å². The summed E-state index contributed by atoms with van der Waals surface area (Å²) >= 11 is 0. The van der Waals surface area contributed by atoms with E-state index in [1.807, 2.05) is 0 Å². The van der Waals surface area contributed by atoms with Crippen molar-refractivity contribution < 1.29 is 9.59 Å². The SMILES string of the molecule is CN1CC(NC(=O)c2cccnc2)CC1=O. The van der Waals surface area contributed by atoms with Gasteiger partial charge in [0.05, 0.1) is 11.6 Å². The van der Waals surface area contributed by atoms with Crippen molar-refractivity contribution in [1.82, 2.24) is 15.2 Å². The smallest absolute Gasteiger partial charge is 0.253 e. The van der Waals surface area contributed by atoms with Gasteiger partial charge in [-0.3, -0.25) is 14.6 Å². The van der Waals surface area contributed by atoms with Gasteiger partial charge in [0.15, 0.2) is 0 Å². The molecular formula is C11H13N3O2. The van der Waals surface area contributed by atoms with E-state index >= 15 is 0 Å². The number of carbonyl (C=O) groups excluding carboxylic acids is 2. The lowest BCUT2D eigenvalue weighted by Crippen LogP contribution is -2.36. The monoisotopic (exact) mass is 219 g/mol. The fraction of sp³-hybridized carbons (Fsp3) is 0.364. The van der Waals surface area contributed by atoms with Gasteiger partial charge in [-0.1, -0.05) is 0 Å². The van der Waals surface area contributed by atoms with Gasteiger partial charge in [-0.2, -0.15) is 0 Å². The van der Waals surface area contributed by atoms with Crippen LogP contribution in [0.2, 0.25) is 0 Å². The number of carbonyl (C=O) groups is 2. The highest BCUT2D eigenvalue weighted by Gasteiger charge is 2.27. The summed E-state index contributed by atoms with van der Waals surface area (Å²) in [6.07, 6.45) is 3.50. The number of likely N-dealkylation sites (tertiary alicyclic amines) is 1. The van der Waals surface area contributed by atoms with Crippen LogP contribution < -0.4 is 5.32 Å². The van der Waals surface area contributed by atoms with Gasteiger partial charge in [-0.25, -0.2) is 0 Å². The number of amides is 2. The molecule has 0 bridgehead atoms. The van der Waals surface area contributed by atoms with Crippen LogP contribution in [0.4, 0.5) is 0 Å². The third-order valence-corrected chi connectivity index (χ3v) is 2.60. The minimum Gasteiger partial charge on any atom is -0.347 e. The summed E-state index contributed by atoms with van der Waals surface area (Å²) in [6, 6.07) is 3.31. The molecule has 0 spiro atoms. The second-order valence-corrected chi connectivity index (χ2v) is 3.89. The molecule has 1 aromatic rings. The minimum atomic E-state index is -0.179. The van der Waals surface area contributed by atoms with Crippen LogP contribution in [-0.4, -0.2) is 41.3 Å². The Morgan fingerprint density at radius 1 is 1.62 bits per heavy atom. The predicted octanol–water partition coefficient (Wildman–Crippen LogP) is 0.0421. The number of nitrogens with zero attached hydrogens (tertiary/aromatic N) is 2. The van der Waals surface area contributed by atoms with Gasteiger partial charge in [0.25, 0.3) is 5.91 Å². The average Bonchev–Trinajstić information content (AvgIpc) is 2.59. The number of likely N-dealkylation sites (N-methyl/N-ethyl adjacent to an activating group) is 1. The molecule has 2 amide bonds. The van der Waals surface area contributed by atoms with Gasteiger partial charge in [-0.05, 0) is 12.1 Å². The summed E-state index contributed by atoms with van der Waals surface area (Å²) in [7, 11) is 1.73. The summed E-state index contributed by atoms with van der Waals surface area (Å²) in [5.74, 6) is -0.113. The van der Waals surface area contributed by atoms with Crippen LogP contribution in [0.25, 0.3) is 0 Å². The number of pyridine rings is 1. The Morgan fingerprint density at radius 3 is 3.00 bits per heavy atom. The van der Waals surface area contributed by atoms with E-state index in [1.54, 1.807) is 30.3 Å². The highest BCUT2D eigenvalue weighted by atomic mass is 16.2. The molecule has 2 heterocycles. The second kappa shape index (κ2) is 4.30. The molecule has 0 aromatic carbocycles. The fourth-order valence-corrected chi connectivity index (χ4v) is 1.73. The average molecular weight is 219 g/mol. The number of nitrogens with one attached hydrogen (secondary N) is 1. The summed E-state index contributed by atoms with van der Waals surface area (Å²) in [4.78, 5) is 28.5. The molecule has 1 aliphatic rings. The minimum absolute atomic E-state index is 0.0662. The Kier molecular flexibility index (Phi) is 2.85. The van der Waals surface area contributed by atoms with E-state index in [-0.39, 0.29) is 17.9 Å².